The monoisotopic (exact) mass is 449 g/mol. The summed E-state index contributed by atoms with van der Waals surface area (Å²) in [6.45, 7) is 3.39. The molecule has 0 radical (unpaired) electrons. The van der Waals surface area contributed by atoms with E-state index >= 15 is 0 Å². The van der Waals surface area contributed by atoms with E-state index < -0.39 is 15.9 Å². The summed E-state index contributed by atoms with van der Waals surface area (Å²) in [5, 5.41) is 0. The quantitative estimate of drug-likeness (QED) is 0.485. The van der Waals surface area contributed by atoms with Gasteiger partial charge in [-0.05, 0) is 50.1 Å². The van der Waals surface area contributed by atoms with E-state index in [4.69, 9.17) is 0 Å². The number of aryl methyl sites for hydroxylation is 1. The van der Waals surface area contributed by atoms with Gasteiger partial charge in [-0.1, -0.05) is 72.3 Å². The molecule has 0 fully saturated rings. The Balaban J connectivity index is 1.72. The summed E-state index contributed by atoms with van der Waals surface area (Å²) in [4.78, 5) is 12.8. The molecular weight excluding hydrogens is 422 g/mol. The lowest BCUT2D eigenvalue weighted by Crippen LogP contribution is -2.45. The van der Waals surface area contributed by atoms with E-state index in [1.807, 2.05) is 62.4 Å². The Kier molecular flexibility index (Phi) is 7.68. The molecule has 0 heterocycles. The number of carbonyl (C=O) groups is 1. The van der Waals surface area contributed by atoms with Crippen molar-refractivity contribution in [2.75, 3.05) is 10.8 Å². The predicted octanol–water partition coefficient (Wildman–Crippen LogP) is 3.96. The fourth-order valence-electron chi connectivity index (χ4n) is 3.02. The van der Waals surface area contributed by atoms with Crippen molar-refractivity contribution >= 4 is 21.6 Å². The van der Waals surface area contributed by atoms with Gasteiger partial charge in [0, 0.05) is 5.70 Å². The van der Waals surface area contributed by atoms with Crippen molar-refractivity contribution in [2.45, 2.75) is 25.2 Å². The number of anilines is 1. The topological polar surface area (TPSA) is 78.5 Å². The van der Waals surface area contributed by atoms with Crippen LogP contribution in [0.1, 0.15) is 18.1 Å². The van der Waals surface area contributed by atoms with Gasteiger partial charge in [0.25, 0.3) is 15.9 Å². The van der Waals surface area contributed by atoms with Gasteiger partial charge in [0.2, 0.25) is 0 Å². The Hall–Kier alpha value is -3.58. The van der Waals surface area contributed by atoms with Crippen LogP contribution in [-0.2, 0) is 21.2 Å². The first-order chi connectivity index (χ1) is 15.4. The summed E-state index contributed by atoms with van der Waals surface area (Å²) in [5.74, 6) is -0.474. The third kappa shape index (κ3) is 6.21. The van der Waals surface area contributed by atoms with Crippen molar-refractivity contribution in [3.63, 3.8) is 0 Å². The Morgan fingerprint density at radius 2 is 1.47 bits per heavy atom. The van der Waals surface area contributed by atoms with Crippen LogP contribution in [0.3, 0.4) is 0 Å². The van der Waals surface area contributed by atoms with Gasteiger partial charge in [-0.2, -0.15) is 0 Å². The van der Waals surface area contributed by atoms with Gasteiger partial charge in [0.05, 0.1) is 10.6 Å². The average Bonchev–Trinajstić information content (AvgIpc) is 2.81. The number of carbonyl (C=O) groups excluding carboxylic acids is 1. The van der Waals surface area contributed by atoms with Crippen molar-refractivity contribution in [3.8, 4) is 0 Å². The first-order valence-corrected chi connectivity index (χ1v) is 11.7. The third-order valence-electron chi connectivity index (χ3n) is 4.83. The SMILES string of the molecule is C/C(=C\Cc1ccccc1)NNC(=O)CN(c1ccc(C)cc1)S(=O)(=O)c1ccccc1. The Bertz CT molecular complexity index is 1160. The second kappa shape index (κ2) is 10.6. The van der Waals surface area contributed by atoms with Crippen LogP contribution in [0.15, 0.2) is 102 Å². The molecule has 1 amide bonds. The average molecular weight is 450 g/mol. The van der Waals surface area contributed by atoms with Gasteiger partial charge in [-0.3, -0.25) is 14.5 Å². The maximum atomic E-state index is 13.3. The van der Waals surface area contributed by atoms with Crippen LogP contribution in [0, 0.1) is 6.92 Å². The molecule has 2 N–H and O–H groups in total. The van der Waals surface area contributed by atoms with Crippen molar-refractivity contribution in [1.82, 2.24) is 10.9 Å². The molecule has 32 heavy (non-hydrogen) atoms. The molecule has 0 atom stereocenters. The van der Waals surface area contributed by atoms with Crippen molar-refractivity contribution in [1.29, 1.82) is 0 Å². The lowest BCUT2D eigenvalue weighted by molar-refractivity contribution is -0.120. The van der Waals surface area contributed by atoms with Crippen molar-refractivity contribution < 1.29 is 13.2 Å². The lowest BCUT2D eigenvalue weighted by Gasteiger charge is -2.24. The predicted molar refractivity (Wildman–Crippen MR) is 127 cm³/mol. The summed E-state index contributed by atoms with van der Waals surface area (Å²) in [6.07, 6.45) is 2.67. The Labute approximate surface area is 189 Å². The van der Waals surface area contributed by atoms with Crippen LogP contribution in [-0.4, -0.2) is 20.9 Å². The van der Waals surface area contributed by atoms with E-state index in [1.54, 1.807) is 30.3 Å². The van der Waals surface area contributed by atoms with Gasteiger partial charge in [0.15, 0.2) is 0 Å². The van der Waals surface area contributed by atoms with Crippen LogP contribution in [0.2, 0.25) is 0 Å². The zero-order valence-electron chi connectivity index (χ0n) is 18.2. The number of hydrogen-bond acceptors (Lipinski definition) is 4. The highest BCUT2D eigenvalue weighted by Crippen LogP contribution is 2.23. The van der Waals surface area contributed by atoms with Gasteiger partial charge in [0.1, 0.15) is 6.54 Å². The zero-order valence-corrected chi connectivity index (χ0v) is 19.0. The highest BCUT2D eigenvalue weighted by molar-refractivity contribution is 7.92. The number of rotatable bonds is 9. The van der Waals surface area contributed by atoms with Crippen LogP contribution in [0.5, 0.6) is 0 Å². The van der Waals surface area contributed by atoms with Gasteiger partial charge < -0.3 is 5.43 Å². The van der Waals surface area contributed by atoms with Gasteiger partial charge in [-0.25, -0.2) is 8.42 Å². The number of nitrogens with one attached hydrogen (secondary N) is 2. The van der Waals surface area contributed by atoms with Crippen LogP contribution < -0.4 is 15.2 Å². The smallest absolute Gasteiger partial charge is 0.264 e. The standard InChI is InChI=1S/C25H27N3O3S/c1-20-13-17-23(18-14-20)28(32(30,31)24-11-7-4-8-12-24)19-25(29)27-26-21(2)15-16-22-9-5-3-6-10-22/h3-15,17-18,26H,16,19H2,1-2H3,(H,27,29)/b21-15+. The number of allylic oxidation sites excluding steroid dienone is 2. The summed E-state index contributed by atoms with van der Waals surface area (Å²) in [6, 6.07) is 25.1. The Morgan fingerprint density at radius 1 is 0.875 bits per heavy atom. The molecule has 0 spiro atoms. The molecule has 6 nitrogen and oxygen atoms in total. The molecule has 0 aliphatic rings. The van der Waals surface area contributed by atoms with Gasteiger partial charge >= 0.3 is 0 Å². The molecule has 166 valence electrons. The summed E-state index contributed by atoms with van der Waals surface area (Å²) < 4.78 is 27.6. The minimum Gasteiger partial charge on any atom is -0.303 e. The molecule has 3 rings (SSSR count). The van der Waals surface area contributed by atoms with E-state index in [0.717, 1.165) is 21.1 Å². The van der Waals surface area contributed by atoms with Crippen molar-refractivity contribution in [2.24, 2.45) is 0 Å². The molecule has 7 heteroatoms. The molecule has 0 saturated heterocycles. The van der Waals surface area contributed by atoms with E-state index in [1.165, 1.54) is 12.1 Å². The first-order valence-electron chi connectivity index (χ1n) is 10.3. The minimum absolute atomic E-state index is 0.125. The highest BCUT2D eigenvalue weighted by Gasteiger charge is 2.27. The molecule has 0 bridgehead atoms. The summed E-state index contributed by atoms with van der Waals surface area (Å²) in [5.41, 5.74) is 8.77. The third-order valence-corrected chi connectivity index (χ3v) is 6.61. The molecule has 0 saturated carbocycles. The highest BCUT2D eigenvalue weighted by atomic mass is 32.2. The number of sulfonamides is 1. The van der Waals surface area contributed by atoms with Gasteiger partial charge in [-0.15, -0.1) is 0 Å². The molecule has 0 unspecified atom stereocenters. The van der Waals surface area contributed by atoms with Crippen molar-refractivity contribution in [3.05, 3.63) is 108 Å². The number of nitrogens with zero attached hydrogens (tertiary/aromatic N) is 1. The molecule has 0 aliphatic heterocycles. The number of hydrazine groups is 1. The minimum atomic E-state index is -3.92. The lowest BCUT2D eigenvalue weighted by atomic mass is 10.1. The number of amides is 1. The second-order valence-corrected chi connectivity index (χ2v) is 9.27. The Morgan fingerprint density at radius 3 is 2.09 bits per heavy atom. The first kappa shape index (κ1) is 23.1. The summed E-state index contributed by atoms with van der Waals surface area (Å²) >= 11 is 0. The zero-order chi connectivity index (χ0) is 23.0. The molecule has 0 aliphatic carbocycles. The van der Waals surface area contributed by atoms with Crippen LogP contribution in [0.25, 0.3) is 0 Å². The normalized spacial score (nSPS) is 11.6. The fraction of sp³-hybridized carbons (Fsp3) is 0.160. The molecular formula is C25H27N3O3S. The number of hydrogen-bond donors (Lipinski definition) is 2. The molecule has 0 aromatic heterocycles. The van der Waals surface area contributed by atoms with E-state index in [0.29, 0.717) is 12.1 Å². The van der Waals surface area contributed by atoms with E-state index in [2.05, 4.69) is 10.9 Å². The van der Waals surface area contributed by atoms with Crippen LogP contribution in [0.4, 0.5) is 5.69 Å². The second-order valence-electron chi connectivity index (χ2n) is 7.41. The summed E-state index contributed by atoms with van der Waals surface area (Å²) in [7, 11) is -3.92. The van der Waals surface area contributed by atoms with E-state index in [-0.39, 0.29) is 11.4 Å². The molecule has 3 aromatic rings. The number of benzene rings is 3. The maximum absolute atomic E-state index is 13.3. The van der Waals surface area contributed by atoms with Crippen LogP contribution >= 0.6 is 0 Å². The maximum Gasteiger partial charge on any atom is 0.264 e. The fourth-order valence-corrected chi connectivity index (χ4v) is 4.46. The largest absolute Gasteiger partial charge is 0.303 e. The molecule has 3 aromatic carbocycles. The van der Waals surface area contributed by atoms with E-state index in [9.17, 15) is 13.2 Å².